The van der Waals surface area contributed by atoms with Gasteiger partial charge >= 0.3 is 0 Å². The number of benzene rings is 1. The molecule has 0 aliphatic heterocycles. The molecule has 0 saturated carbocycles. The molecule has 1 aromatic carbocycles. The van der Waals surface area contributed by atoms with Crippen LogP contribution in [0.25, 0.3) is 0 Å². The number of halogens is 2. The minimum absolute atomic E-state index is 0.0838. The molecule has 1 N–H and O–H groups in total. The Balaban J connectivity index is 2.72. The molecule has 100 valence electrons. The Morgan fingerprint density at radius 3 is 2.28 bits per heavy atom. The SMILES string of the molecule is CCOc1ccc(C(=O)NC(C)(CBr)CBr)cc1. The van der Waals surface area contributed by atoms with Gasteiger partial charge in [-0.1, -0.05) is 31.9 Å². The van der Waals surface area contributed by atoms with Crippen molar-refractivity contribution in [1.82, 2.24) is 5.32 Å². The van der Waals surface area contributed by atoms with Crippen LogP contribution in [0.15, 0.2) is 24.3 Å². The van der Waals surface area contributed by atoms with Crippen molar-refractivity contribution in [2.24, 2.45) is 0 Å². The van der Waals surface area contributed by atoms with E-state index < -0.39 is 0 Å². The highest BCUT2D eigenvalue weighted by Gasteiger charge is 2.24. The third-order valence-electron chi connectivity index (χ3n) is 2.43. The van der Waals surface area contributed by atoms with Gasteiger partial charge in [0.1, 0.15) is 5.75 Å². The van der Waals surface area contributed by atoms with E-state index in [1.807, 2.05) is 13.8 Å². The van der Waals surface area contributed by atoms with Gasteiger partial charge in [0.05, 0.1) is 12.1 Å². The summed E-state index contributed by atoms with van der Waals surface area (Å²) in [5.41, 5.74) is 0.335. The molecular weight excluding hydrogens is 362 g/mol. The first-order chi connectivity index (χ1) is 8.54. The van der Waals surface area contributed by atoms with Gasteiger partial charge in [0.2, 0.25) is 0 Å². The van der Waals surface area contributed by atoms with E-state index in [0.29, 0.717) is 22.8 Å². The van der Waals surface area contributed by atoms with Gasteiger partial charge in [0.15, 0.2) is 0 Å². The van der Waals surface area contributed by atoms with Crippen molar-refractivity contribution in [3.63, 3.8) is 0 Å². The molecule has 5 heteroatoms. The normalized spacial score (nSPS) is 11.1. The lowest BCUT2D eigenvalue weighted by atomic mass is 10.1. The van der Waals surface area contributed by atoms with Gasteiger partial charge in [0, 0.05) is 16.2 Å². The number of ether oxygens (including phenoxy) is 1. The highest BCUT2D eigenvalue weighted by Crippen LogP contribution is 2.15. The zero-order chi connectivity index (χ0) is 13.6. The molecule has 3 nitrogen and oxygen atoms in total. The van der Waals surface area contributed by atoms with Gasteiger partial charge in [-0.25, -0.2) is 0 Å². The lowest BCUT2D eigenvalue weighted by molar-refractivity contribution is 0.0923. The summed E-state index contributed by atoms with van der Waals surface area (Å²) in [7, 11) is 0. The smallest absolute Gasteiger partial charge is 0.251 e. The molecule has 0 atom stereocenters. The van der Waals surface area contributed by atoms with E-state index in [9.17, 15) is 4.79 Å². The molecule has 18 heavy (non-hydrogen) atoms. The lowest BCUT2D eigenvalue weighted by Crippen LogP contribution is -2.48. The fraction of sp³-hybridized carbons (Fsp3) is 0.462. The second kappa shape index (κ2) is 7.14. The van der Waals surface area contributed by atoms with Crippen molar-refractivity contribution in [3.8, 4) is 5.75 Å². The number of nitrogens with one attached hydrogen (secondary N) is 1. The predicted molar refractivity (Wildman–Crippen MR) is 81.1 cm³/mol. The summed E-state index contributed by atoms with van der Waals surface area (Å²) in [5.74, 6) is 0.692. The summed E-state index contributed by atoms with van der Waals surface area (Å²) in [4.78, 5) is 12.1. The van der Waals surface area contributed by atoms with Crippen molar-refractivity contribution >= 4 is 37.8 Å². The molecule has 0 aromatic heterocycles. The number of amides is 1. The van der Waals surface area contributed by atoms with E-state index in [1.165, 1.54) is 0 Å². The van der Waals surface area contributed by atoms with Gasteiger partial charge in [0.25, 0.3) is 5.91 Å². The number of hydrogen-bond donors (Lipinski definition) is 1. The maximum absolute atomic E-state index is 12.1. The quantitative estimate of drug-likeness (QED) is 0.770. The first-order valence-corrected chi connectivity index (χ1v) is 7.96. The topological polar surface area (TPSA) is 38.3 Å². The largest absolute Gasteiger partial charge is 0.494 e. The predicted octanol–water partition coefficient (Wildman–Crippen LogP) is 3.36. The van der Waals surface area contributed by atoms with Gasteiger partial charge in [-0.05, 0) is 38.1 Å². The minimum Gasteiger partial charge on any atom is -0.494 e. The molecule has 0 radical (unpaired) electrons. The fourth-order valence-corrected chi connectivity index (χ4v) is 2.53. The Kier molecular flexibility index (Phi) is 6.15. The summed E-state index contributed by atoms with van der Waals surface area (Å²) < 4.78 is 5.34. The number of carbonyl (C=O) groups is 1. The zero-order valence-corrected chi connectivity index (χ0v) is 13.7. The molecule has 0 aliphatic rings. The van der Waals surface area contributed by atoms with Crippen molar-refractivity contribution < 1.29 is 9.53 Å². The van der Waals surface area contributed by atoms with Gasteiger partial charge < -0.3 is 10.1 Å². The first kappa shape index (κ1) is 15.5. The van der Waals surface area contributed by atoms with Crippen LogP contribution in [0.3, 0.4) is 0 Å². The Labute approximate surface area is 125 Å². The molecule has 1 aromatic rings. The molecule has 0 fully saturated rings. The van der Waals surface area contributed by atoms with Crippen LogP contribution in [-0.2, 0) is 0 Å². The van der Waals surface area contributed by atoms with Crippen LogP contribution in [0, 0.1) is 0 Å². The number of rotatable bonds is 6. The highest BCUT2D eigenvalue weighted by molar-refractivity contribution is 9.09. The standard InChI is InChI=1S/C13H17Br2NO2/c1-3-18-11-6-4-10(5-7-11)12(17)16-13(2,8-14)9-15/h4-7H,3,8-9H2,1-2H3,(H,16,17). The van der Waals surface area contributed by atoms with Crippen LogP contribution in [0.1, 0.15) is 24.2 Å². The van der Waals surface area contributed by atoms with Crippen molar-refractivity contribution in [2.45, 2.75) is 19.4 Å². The maximum atomic E-state index is 12.1. The van der Waals surface area contributed by atoms with E-state index in [2.05, 4.69) is 37.2 Å². The van der Waals surface area contributed by atoms with Crippen molar-refractivity contribution in [3.05, 3.63) is 29.8 Å². The van der Waals surface area contributed by atoms with E-state index in [-0.39, 0.29) is 11.4 Å². The third-order valence-corrected chi connectivity index (χ3v) is 4.91. The third kappa shape index (κ3) is 4.28. The summed E-state index contributed by atoms with van der Waals surface area (Å²) in [6.07, 6.45) is 0. The highest BCUT2D eigenvalue weighted by atomic mass is 79.9. The molecule has 0 bridgehead atoms. The van der Waals surface area contributed by atoms with Crippen LogP contribution in [-0.4, -0.2) is 28.7 Å². The second-order valence-electron chi connectivity index (χ2n) is 4.24. The van der Waals surface area contributed by atoms with Gasteiger partial charge in [-0.2, -0.15) is 0 Å². The molecule has 0 aliphatic carbocycles. The molecule has 0 heterocycles. The molecule has 0 spiro atoms. The Hall–Kier alpha value is -0.550. The summed E-state index contributed by atoms with van der Waals surface area (Å²) in [5, 5.41) is 4.36. The van der Waals surface area contributed by atoms with Crippen LogP contribution in [0.4, 0.5) is 0 Å². The summed E-state index contributed by atoms with van der Waals surface area (Å²) in [6.45, 7) is 4.53. The Morgan fingerprint density at radius 1 is 1.28 bits per heavy atom. The second-order valence-corrected chi connectivity index (χ2v) is 5.36. The number of alkyl halides is 2. The van der Waals surface area contributed by atoms with Crippen molar-refractivity contribution in [2.75, 3.05) is 17.3 Å². The zero-order valence-electron chi connectivity index (χ0n) is 10.5. The molecule has 1 amide bonds. The van der Waals surface area contributed by atoms with E-state index in [1.54, 1.807) is 24.3 Å². The van der Waals surface area contributed by atoms with Crippen LogP contribution < -0.4 is 10.1 Å². The van der Waals surface area contributed by atoms with E-state index in [0.717, 1.165) is 5.75 Å². The lowest BCUT2D eigenvalue weighted by Gasteiger charge is -2.26. The average molecular weight is 379 g/mol. The van der Waals surface area contributed by atoms with E-state index in [4.69, 9.17) is 4.74 Å². The summed E-state index contributed by atoms with van der Waals surface area (Å²) >= 11 is 6.80. The summed E-state index contributed by atoms with van der Waals surface area (Å²) in [6, 6.07) is 7.14. The van der Waals surface area contributed by atoms with Crippen LogP contribution in [0.2, 0.25) is 0 Å². The van der Waals surface area contributed by atoms with E-state index >= 15 is 0 Å². The molecule has 0 unspecified atom stereocenters. The first-order valence-electron chi connectivity index (χ1n) is 5.72. The molecular formula is C13H17Br2NO2. The maximum Gasteiger partial charge on any atom is 0.251 e. The van der Waals surface area contributed by atoms with Crippen LogP contribution >= 0.6 is 31.9 Å². The Morgan fingerprint density at radius 2 is 1.83 bits per heavy atom. The van der Waals surface area contributed by atoms with Gasteiger partial charge in [-0.15, -0.1) is 0 Å². The van der Waals surface area contributed by atoms with Crippen molar-refractivity contribution in [1.29, 1.82) is 0 Å². The minimum atomic E-state index is -0.296. The number of carbonyl (C=O) groups excluding carboxylic acids is 1. The Bertz CT molecular complexity index is 388. The molecule has 1 rings (SSSR count). The number of hydrogen-bond acceptors (Lipinski definition) is 2. The van der Waals surface area contributed by atoms with Gasteiger partial charge in [-0.3, -0.25) is 4.79 Å². The van der Waals surface area contributed by atoms with Crippen LogP contribution in [0.5, 0.6) is 5.75 Å². The monoisotopic (exact) mass is 377 g/mol. The average Bonchev–Trinajstić information content (AvgIpc) is 2.39. The molecule has 0 saturated heterocycles. The fourth-order valence-electron chi connectivity index (χ4n) is 1.32.